The Hall–Kier alpha value is -1.01. The summed E-state index contributed by atoms with van der Waals surface area (Å²) in [4.78, 5) is 12.5. The monoisotopic (exact) mass is 308 g/mol. The number of Topliss-reactive ketones (excluding diaryl/α,β-unsaturated/α-hetero) is 1. The van der Waals surface area contributed by atoms with E-state index in [9.17, 15) is 25.2 Å². The van der Waals surface area contributed by atoms with Gasteiger partial charge in [0.2, 0.25) is 0 Å². The summed E-state index contributed by atoms with van der Waals surface area (Å²) in [5, 5.41) is 42.1. The van der Waals surface area contributed by atoms with Gasteiger partial charge in [-0.05, 0) is 36.8 Å². The van der Waals surface area contributed by atoms with Crippen LogP contribution in [0.3, 0.4) is 0 Å². The number of ketones is 1. The van der Waals surface area contributed by atoms with Crippen LogP contribution in [-0.2, 0) is 4.79 Å². The number of aliphatic hydroxyl groups excluding tert-OH is 2. The first-order valence-electron chi connectivity index (χ1n) is 7.90. The van der Waals surface area contributed by atoms with E-state index >= 15 is 0 Å². The summed E-state index contributed by atoms with van der Waals surface area (Å²) in [6.45, 7) is 3.23. The Labute approximate surface area is 130 Å². The summed E-state index contributed by atoms with van der Waals surface area (Å²) in [5.74, 6) is -1.73. The summed E-state index contributed by atoms with van der Waals surface area (Å²) in [5.41, 5.74) is -1.99. The van der Waals surface area contributed by atoms with Gasteiger partial charge in [0.15, 0.2) is 5.78 Å². The van der Waals surface area contributed by atoms with Crippen LogP contribution < -0.4 is 0 Å². The average Bonchev–Trinajstić information content (AvgIpc) is 2.62. The largest absolute Gasteiger partial charge is 0.393 e. The second kappa shape index (κ2) is 4.99. The third-order valence-electron chi connectivity index (χ3n) is 5.85. The molecule has 0 amide bonds. The SMILES string of the molecule is CC1=C[C@H]2[C@@]3(O)[C@H](C)C[C@H](O)C[C@@H]3C=C(CO)C[C@]2(O)C1=O. The molecule has 1 saturated carbocycles. The fourth-order valence-corrected chi connectivity index (χ4v) is 4.73. The fraction of sp³-hybridized carbons (Fsp3) is 0.706. The van der Waals surface area contributed by atoms with Crippen molar-refractivity contribution in [2.45, 2.75) is 50.4 Å². The second-order valence-electron chi connectivity index (χ2n) is 7.26. The molecule has 1 fully saturated rings. The van der Waals surface area contributed by atoms with Crippen molar-refractivity contribution in [2.24, 2.45) is 17.8 Å². The molecule has 0 aliphatic heterocycles. The van der Waals surface area contributed by atoms with E-state index in [4.69, 9.17) is 0 Å². The minimum absolute atomic E-state index is 0.0302. The lowest BCUT2D eigenvalue weighted by molar-refractivity contribution is -0.175. The third-order valence-corrected chi connectivity index (χ3v) is 5.85. The fourth-order valence-electron chi connectivity index (χ4n) is 4.73. The number of aliphatic hydroxyl groups is 4. The predicted molar refractivity (Wildman–Crippen MR) is 79.8 cm³/mol. The molecule has 0 spiro atoms. The summed E-state index contributed by atoms with van der Waals surface area (Å²) in [6.07, 6.45) is 3.75. The summed E-state index contributed by atoms with van der Waals surface area (Å²) < 4.78 is 0. The predicted octanol–water partition coefficient (Wildman–Crippen LogP) is 0.323. The van der Waals surface area contributed by atoms with Gasteiger partial charge >= 0.3 is 0 Å². The Kier molecular flexibility index (Phi) is 3.60. The Morgan fingerprint density at radius 1 is 1.27 bits per heavy atom. The van der Waals surface area contributed by atoms with Gasteiger partial charge in [0, 0.05) is 18.3 Å². The minimum atomic E-state index is -1.70. The van der Waals surface area contributed by atoms with E-state index in [0.717, 1.165) is 0 Å². The van der Waals surface area contributed by atoms with E-state index in [-0.39, 0.29) is 30.6 Å². The Bertz CT molecular complexity index is 565. The molecule has 6 atom stereocenters. The number of fused-ring (bicyclic) bond motifs is 3. The topological polar surface area (TPSA) is 98.0 Å². The van der Waals surface area contributed by atoms with Gasteiger partial charge in [-0.2, -0.15) is 0 Å². The molecule has 5 heteroatoms. The molecule has 0 radical (unpaired) electrons. The van der Waals surface area contributed by atoms with Crippen molar-refractivity contribution in [3.8, 4) is 0 Å². The van der Waals surface area contributed by atoms with Crippen molar-refractivity contribution in [1.29, 1.82) is 0 Å². The van der Waals surface area contributed by atoms with Gasteiger partial charge in [-0.1, -0.05) is 19.1 Å². The smallest absolute Gasteiger partial charge is 0.190 e. The van der Waals surface area contributed by atoms with Gasteiger partial charge in [0.05, 0.1) is 18.3 Å². The Morgan fingerprint density at radius 2 is 1.95 bits per heavy atom. The molecule has 5 nitrogen and oxygen atoms in total. The normalized spacial score (nSPS) is 48.2. The molecule has 0 aromatic heterocycles. The van der Waals surface area contributed by atoms with Crippen LogP contribution >= 0.6 is 0 Å². The lowest BCUT2D eigenvalue weighted by atomic mass is 9.60. The van der Waals surface area contributed by atoms with Crippen molar-refractivity contribution in [2.75, 3.05) is 6.61 Å². The number of hydrogen-bond donors (Lipinski definition) is 4. The van der Waals surface area contributed by atoms with E-state index in [0.29, 0.717) is 24.0 Å². The highest BCUT2D eigenvalue weighted by molar-refractivity contribution is 6.04. The molecular weight excluding hydrogens is 284 g/mol. The number of rotatable bonds is 1. The summed E-state index contributed by atoms with van der Waals surface area (Å²) in [7, 11) is 0. The lowest BCUT2D eigenvalue weighted by Crippen LogP contribution is -2.60. The van der Waals surface area contributed by atoms with Gasteiger partial charge in [-0.3, -0.25) is 4.79 Å². The molecule has 3 aliphatic rings. The van der Waals surface area contributed by atoms with Crippen molar-refractivity contribution in [3.05, 3.63) is 23.3 Å². The molecule has 0 saturated heterocycles. The van der Waals surface area contributed by atoms with Crippen molar-refractivity contribution >= 4 is 5.78 Å². The van der Waals surface area contributed by atoms with Crippen LogP contribution in [0, 0.1) is 17.8 Å². The van der Waals surface area contributed by atoms with Gasteiger partial charge in [-0.25, -0.2) is 0 Å². The van der Waals surface area contributed by atoms with Crippen LogP contribution in [0.1, 0.15) is 33.1 Å². The van der Waals surface area contributed by atoms with E-state index in [1.165, 1.54) is 0 Å². The standard InChI is InChI=1S/C17H24O5/c1-9-3-14-16(21,15(9)20)7-11(8-18)5-12-6-13(19)4-10(2)17(12,14)22/h3,5,10,12-14,18-19,21-22H,4,6-8H2,1-2H3/t10-,12+,13+,14-,16-,17-/m1/s1. The molecule has 22 heavy (non-hydrogen) atoms. The van der Waals surface area contributed by atoms with Gasteiger partial charge in [0.25, 0.3) is 0 Å². The van der Waals surface area contributed by atoms with Crippen LogP contribution in [0.15, 0.2) is 23.3 Å². The molecule has 3 aliphatic carbocycles. The molecular formula is C17H24O5. The maximum Gasteiger partial charge on any atom is 0.190 e. The number of carbonyl (C=O) groups excluding carboxylic acids is 1. The molecule has 0 aromatic rings. The van der Waals surface area contributed by atoms with Crippen LogP contribution in [0.4, 0.5) is 0 Å². The maximum atomic E-state index is 12.5. The zero-order valence-electron chi connectivity index (χ0n) is 13.0. The van der Waals surface area contributed by atoms with Crippen LogP contribution in [0.25, 0.3) is 0 Å². The van der Waals surface area contributed by atoms with Gasteiger partial charge < -0.3 is 20.4 Å². The van der Waals surface area contributed by atoms with E-state index in [1.807, 2.05) is 6.92 Å². The van der Waals surface area contributed by atoms with E-state index < -0.39 is 23.2 Å². The molecule has 0 unspecified atom stereocenters. The van der Waals surface area contributed by atoms with E-state index in [1.54, 1.807) is 19.1 Å². The lowest BCUT2D eigenvalue weighted by Gasteiger charge is -2.50. The number of carbonyl (C=O) groups is 1. The summed E-state index contributed by atoms with van der Waals surface area (Å²) in [6, 6.07) is 0. The summed E-state index contributed by atoms with van der Waals surface area (Å²) >= 11 is 0. The molecule has 122 valence electrons. The highest BCUT2D eigenvalue weighted by atomic mass is 16.3. The molecule has 0 bridgehead atoms. The van der Waals surface area contributed by atoms with Crippen molar-refractivity contribution in [3.63, 3.8) is 0 Å². The maximum absolute atomic E-state index is 12.5. The third kappa shape index (κ3) is 1.96. The quantitative estimate of drug-likeness (QED) is 0.523. The molecule has 4 N–H and O–H groups in total. The van der Waals surface area contributed by atoms with Crippen molar-refractivity contribution in [1.82, 2.24) is 0 Å². The average molecular weight is 308 g/mol. The highest BCUT2D eigenvalue weighted by Crippen LogP contribution is 2.54. The van der Waals surface area contributed by atoms with Gasteiger partial charge in [-0.15, -0.1) is 0 Å². The zero-order valence-corrected chi connectivity index (χ0v) is 13.0. The first-order valence-corrected chi connectivity index (χ1v) is 7.90. The molecule has 0 aromatic carbocycles. The number of hydrogen-bond acceptors (Lipinski definition) is 5. The highest BCUT2D eigenvalue weighted by Gasteiger charge is 2.62. The molecule has 3 rings (SSSR count). The first kappa shape index (κ1) is 15.9. The van der Waals surface area contributed by atoms with Gasteiger partial charge in [0.1, 0.15) is 5.60 Å². The Balaban J connectivity index is 2.16. The zero-order chi connectivity index (χ0) is 16.3. The minimum Gasteiger partial charge on any atom is -0.393 e. The van der Waals surface area contributed by atoms with E-state index in [2.05, 4.69) is 0 Å². The van der Waals surface area contributed by atoms with Crippen molar-refractivity contribution < 1.29 is 25.2 Å². The van der Waals surface area contributed by atoms with Crippen LogP contribution in [-0.4, -0.2) is 50.1 Å². The first-order chi connectivity index (χ1) is 10.2. The second-order valence-corrected chi connectivity index (χ2v) is 7.26. The van der Waals surface area contributed by atoms with Crippen LogP contribution in [0.2, 0.25) is 0 Å². The Morgan fingerprint density at radius 3 is 2.59 bits per heavy atom. The molecule has 0 heterocycles. The van der Waals surface area contributed by atoms with Crippen LogP contribution in [0.5, 0.6) is 0 Å².